The van der Waals surface area contributed by atoms with Crippen LogP contribution in [0.4, 0.5) is 19.5 Å². The molecule has 1 amide bonds. The summed E-state index contributed by atoms with van der Waals surface area (Å²) in [5.74, 6) is -0.540. The zero-order chi connectivity index (χ0) is 19.1. The largest absolute Gasteiger partial charge is 0.450 e. The molecule has 0 aliphatic rings. The van der Waals surface area contributed by atoms with Crippen LogP contribution < -0.4 is 5.32 Å². The van der Waals surface area contributed by atoms with Crippen LogP contribution in [0.25, 0.3) is 27.8 Å². The van der Waals surface area contributed by atoms with E-state index in [0.717, 1.165) is 0 Å². The van der Waals surface area contributed by atoms with Gasteiger partial charge in [-0.2, -0.15) is 10.2 Å². The van der Waals surface area contributed by atoms with Crippen molar-refractivity contribution in [1.29, 1.82) is 0 Å². The molecule has 3 heterocycles. The number of fused-ring (bicyclic) bond motifs is 2. The van der Waals surface area contributed by atoms with Crippen LogP contribution in [0.3, 0.4) is 0 Å². The Hall–Kier alpha value is -2.92. The van der Waals surface area contributed by atoms with Crippen molar-refractivity contribution in [1.82, 2.24) is 24.8 Å². The topological polar surface area (TPSA) is 97.2 Å². The monoisotopic (exact) mass is 410 g/mol. The van der Waals surface area contributed by atoms with E-state index in [-0.39, 0.29) is 10.8 Å². The molecule has 0 radical (unpaired) electrons. The standard InChI is InChI=1S/C15H9ClF2N6O2S/c1-27-14-12(17)11(16)10(6-4-19-22-13(6)14)7-2-3-9-20-8(5-24(9)23-7)21-15(25)26-18/h2-5H,1H3,(H,19,22)(H,21,25). The predicted molar refractivity (Wildman–Crippen MR) is 96.0 cm³/mol. The van der Waals surface area contributed by atoms with Gasteiger partial charge in [-0.1, -0.05) is 11.6 Å². The Balaban J connectivity index is 1.89. The van der Waals surface area contributed by atoms with E-state index in [2.05, 4.69) is 30.5 Å². The van der Waals surface area contributed by atoms with Crippen LogP contribution in [0.2, 0.25) is 5.02 Å². The minimum absolute atomic E-state index is 0.0331. The number of nitrogens with one attached hydrogen (secondary N) is 2. The first kappa shape index (κ1) is 17.5. The number of aromatic amines is 1. The normalized spacial score (nSPS) is 11.3. The van der Waals surface area contributed by atoms with Crippen molar-refractivity contribution in [3.05, 3.63) is 35.4 Å². The van der Waals surface area contributed by atoms with Gasteiger partial charge in [0.25, 0.3) is 0 Å². The number of anilines is 1. The molecule has 0 saturated carbocycles. The van der Waals surface area contributed by atoms with E-state index in [0.29, 0.717) is 32.7 Å². The van der Waals surface area contributed by atoms with E-state index in [1.165, 1.54) is 22.5 Å². The molecular formula is C15H9ClF2N6O2S. The van der Waals surface area contributed by atoms with Crippen LogP contribution >= 0.6 is 23.4 Å². The van der Waals surface area contributed by atoms with E-state index in [4.69, 9.17) is 11.6 Å². The lowest BCUT2D eigenvalue weighted by atomic mass is 10.1. The average molecular weight is 411 g/mol. The van der Waals surface area contributed by atoms with E-state index in [9.17, 15) is 13.7 Å². The second-order valence-electron chi connectivity index (χ2n) is 5.33. The van der Waals surface area contributed by atoms with Crippen molar-refractivity contribution in [2.75, 3.05) is 11.6 Å². The summed E-state index contributed by atoms with van der Waals surface area (Å²) in [6.07, 6.45) is 3.32. The Morgan fingerprint density at radius 2 is 2.26 bits per heavy atom. The molecule has 138 valence electrons. The summed E-state index contributed by atoms with van der Waals surface area (Å²) in [6, 6.07) is 3.20. The van der Waals surface area contributed by atoms with Crippen molar-refractivity contribution < 1.29 is 18.7 Å². The third-order valence-electron chi connectivity index (χ3n) is 3.83. The van der Waals surface area contributed by atoms with Crippen LogP contribution in [0.5, 0.6) is 0 Å². The molecule has 0 unspecified atom stereocenters. The number of H-pyrrole nitrogens is 1. The highest BCUT2D eigenvalue weighted by molar-refractivity contribution is 7.98. The van der Waals surface area contributed by atoms with Gasteiger partial charge in [0.15, 0.2) is 17.3 Å². The van der Waals surface area contributed by atoms with Crippen molar-refractivity contribution >= 4 is 51.8 Å². The maximum absolute atomic E-state index is 14.7. The second-order valence-corrected chi connectivity index (χ2v) is 6.53. The van der Waals surface area contributed by atoms with E-state index in [1.54, 1.807) is 24.6 Å². The lowest BCUT2D eigenvalue weighted by Crippen LogP contribution is -2.09. The zero-order valence-corrected chi connectivity index (χ0v) is 15.0. The first-order chi connectivity index (χ1) is 13.0. The summed E-state index contributed by atoms with van der Waals surface area (Å²) in [7, 11) is 0. The molecule has 27 heavy (non-hydrogen) atoms. The smallest absolute Gasteiger partial charge is 0.277 e. The van der Waals surface area contributed by atoms with Crippen molar-refractivity contribution in [3.8, 4) is 11.3 Å². The van der Waals surface area contributed by atoms with Gasteiger partial charge in [0.2, 0.25) is 0 Å². The molecule has 3 aromatic heterocycles. The number of aromatic nitrogens is 5. The molecule has 0 fully saturated rings. The number of hydrogen-bond acceptors (Lipinski definition) is 6. The van der Waals surface area contributed by atoms with E-state index >= 15 is 0 Å². The van der Waals surface area contributed by atoms with E-state index in [1.807, 2.05) is 0 Å². The molecular weight excluding hydrogens is 402 g/mol. The number of rotatable bonds is 3. The number of thioether (sulfide) groups is 1. The van der Waals surface area contributed by atoms with Crippen molar-refractivity contribution in [2.45, 2.75) is 4.90 Å². The first-order valence-electron chi connectivity index (χ1n) is 7.38. The summed E-state index contributed by atoms with van der Waals surface area (Å²) in [5, 5.41) is 13.7. The predicted octanol–water partition coefficient (Wildman–Crippen LogP) is 4.22. The van der Waals surface area contributed by atoms with Gasteiger partial charge in [-0.05, 0) is 18.4 Å². The third-order valence-corrected chi connectivity index (χ3v) is 4.97. The Labute approximate surface area is 158 Å². The number of imidazole rings is 1. The SMILES string of the molecule is CSc1c(F)c(Cl)c(-c2ccc3nc(NC(=O)OF)cn3n2)c2cn[nH]c12. The average Bonchev–Trinajstić information content (AvgIpc) is 3.28. The Morgan fingerprint density at radius 3 is 3.00 bits per heavy atom. The Bertz CT molecular complexity index is 1190. The molecule has 0 aliphatic heterocycles. The summed E-state index contributed by atoms with van der Waals surface area (Å²) >= 11 is 7.49. The molecule has 0 atom stereocenters. The van der Waals surface area contributed by atoms with Crippen LogP contribution in [0.15, 0.2) is 29.4 Å². The lowest BCUT2D eigenvalue weighted by molar-refractivity contribution is -0.0544. The van der Waals surface area contributed by atoms with Gasteiger partial charge in [0.05, 0.1) is 33.5 Å². The summed E-state index contributed by atoms with van der Waals surface area (Å²) in [6.45, 7) is 0. The minimum Gasteiger partial charge on any atom is -0.277 e. The molecule has 1 aromatic carbocycles. The molecule has 2 N–H and O–H groups in total. The van der Waals surface area contributed by atoms with Gasteiger partial charge in [-0.25, -0.2) is 23.6 Å². The Kier molecular flexibility index (Phi) is 4.32. The van der Waals surface area contributed by atoms with Crippen LogP contribution in [0, 0.1) is 5.82 Å². The number of halogens is 3. The van der Waals surface area contributed by atoms with Gasteiger partial charge in [-0.3, -0.25) is 10.4 Å². The number of benzene rings is 1. The van der Waals surface area contributed by atoms with Gasteiger partial charge in [-0.15, -0.1) is 11.8 Å². The maximum Gasteiger partial charge on any atom is 0.450 e. The number of amides is 1. The van der Waals surface area contributed by atoms with Gasteiger partial charge < -0.3 is 0 Å². The first-order valence-corrected chi connectivity index (χ1v) is 8.98. The van der Waals surface area contributed by atoms with Crippen LogP contribution in [0.1, 0.15) is 0 Å². The Morgan fingerprint density at radius 1 is 1.44 bits per heavy atom. The highest BCUT2D eigenvalue weighted by Crippen LogP contribution is 2.41. The summed E-state index contributed by atoms with van der Waals surface area (Å²) in [5.41, 5.74) is 1.61. The summed E-state index contributed by atoms with van der Waals surface area (Å²) < 4.78 is 27.9. The fourth-order valence-corrected chi connectivity index (χ4v) is 3.72. The molecule has 0 bridgehead atoms. The molecule has 0 spiro atoms. The summed E-state index contributed by atoms with van der Waals surface area (Å²) in [4.78, 5) is 18.4. The van der Waals surface area contributed by atoms with Gasteiger partial charge in [0, 0.05) is 15.5 Å². The van der Waals surface area contributed by atoms with Gasteiger partial charge >= 0.3 is 6.09 Å². The molecule has 0 aliphatic carbocycles. The highest BCUT2D eigenvalue weighted by atomic mass is 35.5. The van der Waals surface area contributed by atoms with Crippen LogP contribution in [-0.2, 0) is 4.94 Å². The highest BCUT2D eigenvalue weighted by Gasteiger charge is 2.22. The number of carbonyl (C=O) groups is 1. The molecule has 8 nitrogen and oxygen atoms in total. The lowest BCUT2D eigenvalue weighted by Gasteiger charge is -2.10. The van der Waals surface area contributed by atoms with E-state index < -0.39 is 11.9 Å². The molecule has 4 rings (SSSR count). The third kappa shape index (κ3) is 2.84. The quantitative estimate of drug-likeness (QED) is 0.491. The van der Waals surface area contributed by atoms with Gasteiger partial charge in [0.1, 0.15) is 0 Å². The van der Waals surface area contributed by atoms with Crippen molar-refractivity contribution in [2.24, 2.45) is 0 Å². The maximum atomic E-state index is 14.7. The van der Waals surface area contributed by atoms with Crippen molar-refractivity contribution in [3.63, 3.8) is 0 Å². The number of hydrogen-bond donors (Lipinski definition) is 2. The molecule has 12 heteroatoms. The zero-order valence-electron chi connectivity index (χ0n) is 13.5. The fraction of sp³-hybridized carbons (Fsp3) is 0.0667. The number of carbonyl (C=O) groups excluding carboxylic acids is 1. The molecule has 4 aromatic rings. The fourth-order valence-electron chi connectivity index (χ4n) is 2.73. The minimum atomic E-state index is -1.31. The molecule has 0 saturated heterocycles. The number of nitrogens with zero attached hydrogens (tertiary/aromatic N) is 4. The second kappa shape index (κ2) is 6.67. The van der Waals surface area contributed by atoms with Crippen LogP contribution in [-0.4, -0.2) is 37.1 Å².